The van der Waals surface area contributed by atoms with Gasteiger partial charge in [-0.2, -0.15) is 4.31 Å². The molecule has 2 aliphatic heterocycles. The Kier molecular flexibility index (Phi) is 7.85. The Bertz CT molecular complexity index is 1080. The SMILES string of the molecule is COc1cccc(C(CNC(=O)C2CCN(S(=O)(=O)c3ccc(F)cc3)CC2)N2CCCC2)c1. The number of methoxy groups -OCH3 is 1. The molecule has 1 atom stereocenters. The quantitative estimate of drug-likeness (QED) is 0.616. The Morgan fingerprint density at radius 3 is 2.41 bits per heavy atom. The van der Waals surface area contributed by atoms with Gasteiger partial charge in [-0.3, -0.25) is 9.69 Å². The molecule has 184 valence electrons. The van der Waals surface area contributed by atoms with Crippen LogP contribution in [-0.4, -0.2) is 63.4 Å². The fourth-order valence-corrected chi connectivity index (χ4v) is 6.29. The van der Waals surface area contributed by atoms with Crippen molar-refractivity contribution in [2.45, 2.75) is 36.6 Å². The van der Waals surface area contributed by atoms with Crippen LogP contribution in [0.15, 0.2) is 53.4 Å². The summed E-state index contributed by atoms with van der Waals surface area (Å²) in [6.07, 6.45) is 3.21. The number of carbonyl (C=O) groups is 1. The highest BCUT2D eigenvalue weighted by Gasteiger charge is 2.33. The molecule has 9 heteroatoms. The number of piperidine rings is 1. The summed E-state index contributed by atoms with van der Waals surface area (Å²) in [6, 6.07) is 12.9. The average molecular weight is 490 g/mol. The van der Waals surface area contributed by atoms with E-state index >= 15 is 0 Å². The number of hydrogen-bond acceptors (Lipinski definition) is 5. The van der Waals surface area contributed by atoms with E-state index in [2.05, 4.69) is 16.3 Å². The van der Waals surface area contributed by atoms with Crippen molar-refractivity contribution in [3.63, 3.8) is 0 Å². The van der Waals surface area contributed by atoms with Crippen LogP contribution in [0.2, 0.25) is 0 Å². The molecule has 0 bridgehead atoms. The minimum atomic E-state index is -3.69. The molecule has 0 saturated carbocycles. The van der Waals surface area contributed by atoms with Crippen molar-refractivity contribution in [2.24, 2.45) is 5.92 Å². The number of nitrogens with zero attached hydrogens (tertiary/aromatic N) is 2. The van der Waals surface area contributed by atoms with Crippen LogP contribution in [-0.2, 0) is 14.8 Å². The maximum Gasteiger partial charge on any atom is 0.243 e. The molecule has 0 aromatic heterocycles. The zero-order chi connectivity index (χ0) is 24.1. The molecule has 2 saturated heterocycles. The lowest BCUT2D eigenvalue weighted by molar-refractivity contribution is -0.126. The number of sulfonamides is 1. The summed E-state index contributed by atoms with van der Waals surface area (Å²) in [6.45, 7) is 3.03. The number of hydrogen-bond donors (Lipinski definition) is 1. The van der Waals surface area contributed by atoms with Crippen molar-refractivity contribution in [3.05, 3.63) is 59.9 Å². The topological polar surface area (TPSA) is 79.0 Å². The standard InChI is InChI=1S/C25H32FN3O4S/c1-33-22-6-4-5-20(17-22)24(28-13-2-3-14-28)18-27-25(30)19-11-15-29(16-12-19)34(31,32)23-9-7-21(26)8-10-23/h4-10,17,19,24H,2-3,11-16,18H2,1H3,(H,27,30). The van der Waals surface area contributed by atoms with Crippen molar-refractivity contribution >= 4 is 15.9 Å². The van der Waals surface area contributed by atoms with Crippen LogP contribution in [0.25, 0.3) is 0 Å². The van der Waals surface area contributed by atoms with Crippen molar-refractivity contribution in [3.8, 4) is 5.75 Å². The van der Waals surface area contributed by atoms with Crippen molar-refractivity contribution in [2.75, 3.05) is 39.8 Å². The van der Waals surface area contributed by atoms with E-state index in [1.807, 2.05) is 18.2 Å². The van der Waals surface area contributed by atoms with Gasteiger partial charge in [-0.1, -0.05) is 12.1 Å². The summed E-state index contributed by atoms with van der Waals surface area (Å²) in [5.74, 6) is 0.0494. The molecule has 0 aliphatic carbocycles. The van der Waals surface area contributed by atoms with E-state index in [0.717, 1.165) is 49.4 Å². The number of benzene rings is 2. The van der Waals surface area contributed by atoms with Gasteiger partial charge in [-0.25, -0.2) is 12.8 Å². The van der Waals surface area contributed by atoms with Crippen LogP contribution in [0, 0.1) is 11.7 Å². The van der Waals surface area contributed by atoms with Crippen molar-refractivity contribution in [1.82, 2.24) is 14.5 Å². The Morgan fingerprint density at radius 2 is 1.76 bits per heavy atom. The fourth-order valence-electron chi connectivity index (χ4n) is 4.82. The van der Waals surface area contributed by atoms with Gasteiger partial charge >= 0.3 is 0 Å². The number of halogens is 1. The van der Waals surface area contributed by atoms with Gasteiger partial charge in [0.05, 0.1) is 18.0 Å². The van der Waals surface area contributed by atoms with Gasteiger partial charge in [-0.15, -0.1) is 0 Å². The summed E-state index contributed by atoms with van der Waals surface area (Å²) in [5.41, 5.74) is 1.11. The van der Waals surface area contributed by atoms with Gasteiger partial charge in [-0.05, 0) is 80.7 Å². The first-order valence-corrected chi connectivity index (χ1v) is 13.2. The molecular formula is C25H32FN3O4S. The van der Waals surface area contributed by atoms with Gasteiger partial charge in [0.15, 0.2) is 0 Å². The molecule has 1 unspecified atom stereocenters. The molecule has 2 aliphatic rings. The Morgan fingerprint density at radius 1 is 1.09 bits per heavy atom. The molecule has 2 fully saturated rings. The number of carbonyl (C=O) groups excluding carboxylic acids is 1. The van der Waals surface area contributed by atoms with Crippen molar-refractivity contribution < 1.29 is 22.3 Å². The predicted octanol–water partition coefficient (Wildman–Crippen LogP) is 3.19. The number of nitrogens with one attached hydrogen (secondary N) is 1. The molecule has 1 N–H and O–H groups in total. The second-order valence-corrected chi connectivity index (χ2v) is 10.9. The minimum Gasteiger partial charge on any atom is -0.497 e. The van der Waals surface area contributed by atoms with Crippen LogP contribution < -0.4 is 10.1 Å². The minimum absolute atomic E-state index is 0.0362. The van der Waals surface area contributed by atoms with Crippen LogP contribution in [0.3, 0.4) is 0 Å². The van der Waals surface area contributed by atoms with E-state index in [-0.39, 0.29) is 35.9 Å². The first kappa shape index (κ1) is 24.6. The third-order valence-corrected chi connectivity index (χ3v) is 8.72. The number of likely N-dealkylation sites (tertiary alicyclic amines) is 1. The summed E-state index contributed by atoms with van der Waals surface area (Å²) >= 11 is 0. The van der Waals surface area contributed by atoms with E-state index in [0.29, 0.717) is 19.4 Å². The fraction of sp³-hybridized carbons (Fsp3) is 0.480. The smallest absolute Gasteiger partial charge is 0.243 e. The van der Waals surface area contributed by atoms with Gasteiger partial charge < -0.3 is 10.1 Å². The molecule has 0 radical (unpaired) electrons. The van der Waals surface area contributed by atoms with Crippen LogP contribution >= 0.6 is 0 Å². The highest BCUT2D eigenvalue weighted by molar-refractivity contribution is 7.89. The highest BCUT2D eigenvalue weighted by Crippen LogP contribution is 2.28. The lowest BCUT2D eigenvalue weighted by atomic mass is 9.97. The molecule has 7 nitrogen and oxygen atoms in total. The average Bonchev–Trinajstić information content (AvgIpc) is 3.39. The molecule has 2 heterocycles. The zero-order valence-corrected chi connectivity index (χ0v) is 20.3. The van der Waals surface area contributed by atoms with Crippen LogP contribution in [0.5, 0.6) is 5.75 Å². The number of amides is 1. The van der Waals surface area contributed by atoms with E-state index in [9.17, 15) is 17.6 Å². The lowest BCUT2D eigenvalue weighted by Gasteiger charge is -2.32. The second kappa shape index (κ2) is 10.8. The summed E-state index contributed by atoms with van der Waals surface area (Å²) < 4.78 is 45.6. The number of ether oxygens (including phenoxy) is 1. The summed E-state index contributed by atoms with van der Waals surface area (Å²) in [4.78, 5) is 15.4. The van der Waals surface area contributed by atoms with Crippen molar-refractivity contribution in [1.29, 1.82) is 0 Å². The summed E-state index contributed by atoms with van der Waals surface area (Å²) in [7, 11) is -2.04. The highest BCUT2D eigenvalue weighted by atomic mass is 32.2. The summed E-state index contributed by atoms with van der Waals surface area (Å²) in [5, 5.41) is 3.13. The molecule has 0 spiro atoms. The first-order chi connectivity index (χ1) is 16.4. The van der Waals surface area contributed by atoms with E-state index in [4.69, 9.17) is 4.74 Å². The Balaban J connectivity index is 1.35. The molecular weight excluding hydrogens is 457 g/mol. The monoisotopic (exact) mass is 489 g/mol. The first-order valence-electron chi connectivity index (χ1n) is 11.8. The maximum atomic E-state index is 13.2. The molecule has 4 rings (SSSR count). The van der Waals surface area contributed by atoms with Gasteiger partial charge in [0.1, 0.15) is 11.6 Å². The van der Waals surface area contributed by atoms with Gasteiger partial charge in [0, 0.05) is 25.6 Å². The van der Waals surface area contributed by atoms with Crippen LogP contribution in [0.4, 0.5) is 4.39 Å². The third kappa shape index (κ3) is 5.59. The lowest BCUT2D eigenvalue weighted by Crippen LogP contribution is -2.44. The van der Waals surface area contributed by atoms with E-state index in [1.54, 1.807) is 7.11 Å². The molecule has 2 aromatic rings. The number of rotatable bonds is 8. The molecule has 2 aromatic carbocycles. The predicted molar refractivity (Wildman–Crippen MR) is 127 cm³/mol. The van der Waals surface area contributed by atoms with E-state index in [1.165, 1.54) is 16.4 Å². The van der Waals surface area contributed by atoms with Gasteiger partial charge in [0.25, 0.3) is 0 Å². The Labute approximate surface area is 200 Å². The van der Waals surface area contributed by atoms with E-state index < -0.39 is 15.8 Å². The normalized spacial score (nSPS) is 19.1. The largest absolute Gasteiger partial charge is 0.497 e. The zero-order valence-electron chi connectivity index (χ0n) is 19.5. The van der Waals surface area contributed by atoms with Gasteiger partial charge in [0.2, 0.25) is 15.9 Å². The molecule has 34 heavy (non-hydrogen) atoms. The second-order valence-electron chi connectivity index (χ2n) is 8.91. The molecule has 1 amide bonds. The Hall–Kier alpha value is -2.49. The maximum absolute atomic E-state index is 13.2. The third-order valence-electron chi connectivity index (χ3n) is 6.81. The van der Waals surface area contributed by atoms with Crippen LogP contribution in [0.1, 0.15) is 37.3 Å².